The molecule has 0 aliphatic heterocycles. The lowest BCUT2D eigenvalue weighted by Gasteiger charge is -2.06. The molecule has 0 fully saturated rings. The van der Waals surface area contributed by atoms with Gasteiger partial charge in [0, 0.05) is 0 Å². The monoisotopic (exact) mass is 263 g/mol. The molecule has 0 aromatic carbocycles. The van der Waals surface area contributed by atoms with Crippen LogP contribution in [0.15, 0.2) is 12.3 Å². The summed E-state index contributed by atoms with van der Waals surface area (Å²) in [6.45, 7) is 3.77. The fourth-order valence-electron chi connectivity index (χ4n) is 1.50. The number of aryl methyl sites for hydroxylation is 2. The molecule has 7 heteroatoms. The third-order valence-electron chi connectivity index (χ3n) is 2.43. The Kier molecular flexibility index (Phi) is 3.52. The SMILES string of the molecule is CCc1nnsc1C(=O)Nc1ncc(N)cc1C. The van der Waals surface area contributed by atoms with Crippen molar-refractivity contribution in [3.63, 3.8) is 0 Å². The number of nitrogens with one attached hydrogen (secondary N) is 1. The molecule has 0 atom stereocenters. The van der Waals surface area contributed by atoms with Crippen molar-refractivity contribution in [1.29, 1.82) is 0 Å². The molecule has 0 radical (unpaired) electrons. The van der Waals surface area contributed by atoms with E-state index in [1.54, 1.807) is 6.07 Å². The molecule has 6 nitrogen and oxygen atoms in total. The number of carbonyl (C=O) groups excluding carboxylic acids is 1. The van der Waals surface area contributed by atoms with Gasteiger partial charge in [0.05, 0.1) is 17.6 Å². The number of nitrogen functional groups attached to an aromatic ring is 1. The molecule has 3 N–H and O–H groups in total. The lowest BCUT2D eigenvalue weighted by molar-refractivity contribution is 0.102. The molecule has 0 saturated carbocycles. The predicted octanol–water partition coefficient (Wildman–Crippen LogP) is 1.64. The van der Waals surface area contributed by atoms with Crippen molar-refractivity contribution in [2.24, 2.45) is 0 Å². The standard InChI is InChI=1S/C11H13N5OS/c1-3-8-9(18-16-15-8)11(17)14-10-6(2)4-7(12)5-13-10/h4-5H,3,12H2,1-2H3,(H,13,14,17). The molecule has 0 spiro atoms. The summed E-state index contributed by atoms with van der Waals surface area (Å²) in [5.41, 5.74) is 7.69. The minimum atomic E-state index is -0.234. The number of amides is 1. The van der Waals surface area contributed by atoms with E-state index in [0.29, 0.717) is 28.5 Å². The maximum absolute atomic E-state index is 12.0. The molecule has 0 aliphatic rings. The summed E-state index contributed by atoms with van der Waals surface area (Å²) >= 11 is 1.08. The summed E-state index contributed by atoms with van der Waals surface area (Å²) in [7, 11) is 0. The van der Waals surface area contributed by atoms with Crippen LogP contribution in [0.5, 0.6) is 0 Å². The van der Waals surface area contributed by atoms with E-state index < -0.39 is 0 Å². The van der Waals surface area contributed by atoms with Gasteiger partial charge >= 0.3 is 0 Å². The number of rotatable bonds is 3. The van der Waals surface area contributed by atoms with Crippen LogP contribution in [-0.4, -0.2) is 20.5 Å². The molecule has 1 amide bonds. The van der Waals surface area contributed by atoms with Gasteiger partial charge < -0.3 is 11.1 Å². The van der Waals surface area contributed by atoms with Gasteiger partial charge in [-0.1, -0.05) is 11.4 Å². The fraction of sp³-hybridized carbons (Fsp3) is 0.273. The highest BCUT2D eigenvalue weighted by atomic mass is 32.1. The third kappa shape index (κ3) is 2.45. The number of anilines is 2. The molecule has 2 rings (SSSR count). The molecule has 18 heavy (non-hydrogen) atoms. The summed E-state index contributed by atoms with van der Waals surface area (Å²) in [4.78, 5) is 16.7. The molecule has 2 aromatic rings. The normalized spacial score (nSPS) is 10.3. The number of pyridine rings is 1. The summed E-state index contributed by atoms with van der Waals surface area (Å²) in [6.07, 6.45) is 2.18. The molecular weight excluding hydrogens is 250 g/mol. The van der Waals surface area contributed by atoms with Crippen LogP contribution in [0.25, 0.3) is 0 Å². The van der Waals surface area contributed by atoms with Crippen LogP contribution in [0.4, 0.5) is 11.5 Å². The quantitative estimate of drug-likeness (QED) is 0.878. The maximum atomic E-state index is 12.0. The number of aromatic nitrogens is 3. The van der Waals surface area contributed by atoms with Gasteiger partial charge in [-0.25, -0.2) is 4.98 Å². The van der Waals surface area contributed by atoms with E-state index in [9.17, 15) is 4.79 Å². The van der Waals surface area contributed by atoms with Crippen molar-refractivity contribution in [1.82, 2.24) is 14.6 Å². The molecular formula is C11H13N5OS. The van der Waals surface area contributed by atoms with Crippen LogP contribution in [-0.2, 0) is 6.42 Å². The molecule has 0 saturated heterocycles. The zero-order chi connectivity index (χ0) is 13.1. The van der Waals surface area contributed by atoms with Crippen LogP contribution >= 0.6 is 11.5 Å². The average Bonchev–Trinajstić information content (AvgIpc) is 2.81. The van der Waals surface area contributed by atoms with E-state index in [4.69, 9.17) is 5.73 Å². The Hall–Kier alpha value is -2.02. The first-order valence-electron chi connectivity index (χ1n) is 5.46. The third-order valence-corrected chi connectivity index (χ3v) is 3.20. The maximum Gasteiger partial charge on any atom is 0.270 e. The number of nitrogens with two attached hydrogens (primary N) is 1. The van der Waals surface area contributed by atoms with Crippen molar-refractivity contribution in [3.8, 4) is 0 Å². The highest BCUT2D eigenvalue weighted by Gasteiger charge is 2.16. The van der Waals surface area contributed by atoms with Gasteiger partial charge in [-0.05, 0) is 36.5 Å². The van der Waals surface area contributed by atoms with Gasteiger partial charge in [0.15, 0.2) is 0 Å². The largest absolute Gasteiger partial charge is 0.397 e. The topological polar surface area (TPSA) is 93.8 Å². The summed E-state index contributed by atoms with van der Waals surface area (Å²) in [5, 5.41) is 6.64. The molecule has 2 heterocycles. The first-order chi connectivity index (χ1) is 8.61. The van der Waals surface area contributed by atoms with E-state index in [1.807, 2.05) is 13.8 Å². The first-order valence-corrected chi connectivity index (χ1v) is 6.23. The minimum Gasteiger partial charge on any atom is -0.397 e. The van der Waals surface area contributed by atoms with Crippen LogP contribution in [0.3, 0.4) is 0 Å². The van der Waals surface area contributed by atoms with Crippen LogP contribution < -0.4 is 11.1 Å². The van der Waals surface area contributed by atoms with E-state index >= 15 is 0 Å². The van der Waals surface area contributed by atoms with Crippen LogP contribution in [0.1, 0.15) is 27.9 Å². The highest BCUT2D eigenvalue weighted by molar-refractivity contribution is 7.08. The highest BCUT2D eigenvalue weighted by Crippen LogP contribution is 2.17. The Morgan fingerprint density at radius 1 is 1.56 bits per heavy atom. The Balaban J connectivity index is 2.21. The van der Waals surface area contributed by atoms with Crippen molar-refractivity contribution < 1.29 is 4.79 Å². The molecule has 94 valence electrons. The number of hydrogen-bond acceptors (Lipinski definition) is 6. The predicted molar refractivity (Wildman–Crippen MR) is 70.6 cm³/mol. The fourth-order valence-corrected chi connectivity index (χ4v) is 2.15. The zero-order valence-corrected chi connectivity index (χ0v) is 10.9. The zero-order valence-electron chi connectivity index (χ0n) is 10.1. The van der Waals surface area contributed by atoms with E-state index in [-0.39, 0.29) is 5.91 Å². The van der Waals surface area contributed by atoms with E-state index in [1.165, 1.54) is 6.20 Å². The van der Waals surface area contributed by atoms with Crippen LogP contribution in [0.2, 0.25) is 0 Å². The molecule has 0 bridgehead atoms. The molecule has 2 aromatic heterocycles. The second-order valence-corrected chi connectivity index (χ2v) is 4.54. The molecule has 0 aliphatic carbocycles. The van der Waals surface area contributed by atoms with Gasteiger partial charge in [0.2, 0.25) is 0 Å². The average molecular weight is 263 g/mol. The minimum absolute atomic E-state index is 0.234. The Bertz CT molecular complexity index is 581. The van der Waals surface area contributed by atoms with Crippen molar-refractivity contribution in [3.05, 3.63) is 28.4 Å². The van der Waals surface area contributed by atoms with Gasteiger partial charge in [0.1, 0.15) is 10.7 Å². The summed E-state index contributed by atoms with van der Waals surface area (Å²) < 4.78 is 3.78. The van der Waals surface area contributed by atoms with Gasteiger partial charge in [-0.2, -0.15) is 0 Å². The second-order valence-electron chi connectivity index (χ2n) is 3.79. The smallest absolute Gasteiger partial charge is 0.270 e. The van der Waals surface area contributed by atoms with E-state index in [2.05, 4.69) is 19.9 Å². The van der Waals surface area contributed by atoms with Gasteiger partial charge in [-0.3, -0.25) is 4.79 Å². The van der Waals surface area contributed by atoms with E-state index in [0.717, 1.165) is 17.1 Å². The lowest BCUT2D eigenvalue weighted by Crippen LogP contribution is -2.14. The summed E-state index contributed by atoms with van der Waals surface area (Å²) in [6, 6.07) is 1.76. The number of hydrogen-bond donors (Lipinski definition) is 2. The van der Waals surface area contributed by atoms with Gasteiger partial charge in [-0.15, -0.1) is 5.10 Å². The Morgan fingerprint density at radius 3 is 3.00 bits per heavy atom. The molecule has 0 unspecified atom stereocenters. The van der Waals surface area contributed by atoms with Crippen molar-refractivity contribution in [2.45, 2.75) is 20.3 Å². The lowest BCUT2D eigenvalue weighted by atomic mass is 10.2. The van der Waals surface area contributed by atoms with Gasteiger partial charge in [0.25, 0.3) is 5.91 Å². The number of nitrogens with zero attached hydrogens (tertiary/aromatic N) is 3. The summed E-state index contributed by atoms with van der Waals surface area (Å²) in [5.74, 6) is 0.270. The Labute approximate surface area is 108 Å². The van der Waals surface area contributed by atoms with Crippen molar-refractivity contribution >= 4 is 28.9 Å². The Morgan fingerprint density at radius 2 is 2.33 bits per heavy atom. The van der Waals surface area contributed by atoms with Crippen molar-refractivity contribution in [2.75, 3.05) is 11.1 Å². The number of carbonyl (C=O) groups is 1. The second kappa shape index (κ2) is 5.09. The van der Waals surface area contributed by atoms with Crippen LogP contribution in [0, 0.1) is 6.92 Å². The first kappa shape index (κ1) is 12.4.